The number of carbonyl (C=O) groups is 1. The summed E-state index contributed by atoms with van der Waals surface area (Å²) >= 11 is 0. The summed E-state index contributed by atoms with van der Waals surface area (Å²) < 4.78 is 5.32. The Labute approximate surface area is 97.1 Å². The van der Waals surface area contributed by atoms with Crippen molar-refractivity contribution < 1.29 is 9.53 Å². The fourth-order valence-electron chi connectivity index (χ4n) is 2.58. The number of nitrogens with two attached hydrogens (primary N) is 1. The predicted octanol–water partition coefficient (Wildman–Crippen LogP) is 0.609. The molecule has 4 heteroatoms. The van der Waals surface area contributed by atoms with Gasteiger partial charge in [0.1, 0.15) is 0 Å². The number of hydrogen-bond acceptors (Lipinski definition) is 3. The minimum absolute atomic E-state index is 0.194. The van der Waals surface area contributed by atoms with Crippen LogP contribution in [0.4, 0.5) is 0 Å². The Kier molecular flexibility index (Phi) is 3.82. The van der Waals surface area contributed by atoms with Crippen LogP contribution in [0.1, 0.15) is 25.7 Å². The highest BCUT2D eigenvalue weighted by molar-refractivity contribution is 5.79. The molecule has 0 bridgehead atoms. The highest BCUT2D eigenvalue weighted by Crippen LogP contribution is 2.28. The Bertz CT molecular complexity index is 245. The Morgan fingerprint density at radius 3 is 2.56 bits per heavy atom. The fourth-order valence-corrected chi connectivity index (χ4v) is 2.58. The first kappa shape index (κ1) is 11.9. The Balaban J connectivity index is 1.73. The Morgan fingerprint density at radius 2 is 2.00 bits per heavy atom. The molecule has 1 aliphatic carbocycles. The molecule has 2 rings (SSSR count). The van der Waals surface area contributed by atoms with E-state index in [4.69, 9.17) is 10.5 Å². The quantitative estimate of drug-likeness (QED) is 0.767. The van der Waals surface area contributed by atoms with Gasteiger partial charge in [-0.3, -0.25) is 4.79 Å². The molecule has 2 fully saturated rings. The zero-order valence-corrected chi connectivity index (χ0v) is 10.0. The number of nitrogens with zero attached hydrogens (tertiary/aromatic N) is 1. The van der Waals surface area contributed by atoms with Gasteiger partial charge in [-0.2, -0.15) is 0 Å². The minimum atomic E-state index is 0.194. The predicted molar refractivity (Wildman–Crippen MR) is 61.9 cm³/mol. The van der Waals surface area contributed by atoms with Gasteiger partial charge < -0.3 is 15.4 Å². The summed E-state index contributed by atoms with van der Waals surface area (Å²) in [5.41, 5.74) is 5.70. The SMILES string of the molecule is CN(CC1CCOCC1)C(=O)C1CC(N)C1. The average molecular weight is 226 g/mol. The second kappa shape index (κ2) is 5.15. The number of amides is 1. The Hall–Kier alpha value is -0.610. The van der Waals surface area contributed by atoms with Crippen LogP contribution in [0.5, 0.6) is 0 Å². The third-order valence-electron chi connectivity index (χ3n) is 3.77. The highest BCUT2D eigenvalue weighted by atomic mass is 16.5. The van der Waals surface area contributed by atoms with E-state index in [1.807, 2.05) is 11.9 Å². The molecule has 16 heavy (non-hydrogen) atoms. The highest BCUT2D eigenvalue weighted by Gasteiger charge is 2.34. The number of hydrogen-bond donors (Lipinski definition) is 1. The molecule has 0 radical (unpaired) electrons. The molecule has 0 aromatic carbocycles. The largest absolute Gasteiger partial charge is 0.381 e. The molecule has 1 heterocycles. The summed E-state index contributed by atoms with van der Waals surface area (Å²) in [7, 11) is 1.92. The number of ether oxygens (including phenoxy) is 1. The van der Waals surface area contributed by atoms with Crippen LogP contribution >= 0.6 is 0 Å². The van der Waals surface area contributed by atoms with E-state index in [0.717, 1.165) is 45.4 Å². The lowest BCUT2D eigenvalue weighted by Gasteiger charge is -2.35. The van der Waals surface area contributed by atoms with Gasteiger partial charge in [-0.25, -0.2) is 0 Å². The molecule has 0 atom stereocenters. The van der Waals surface area contributed by atoms with Crippen molar-refractivity contribution in [2.45, 2.75) is 31.7 Å². The van der Waals surface area contributed by atoms with E-state index in [1.54, 1.807) is 0 Å². The van der Waals surface area contributed by atoms with E-state index in [2.05, 4.69) is 0 Å². The van der Waals surface area contributed by atoms with Gasteiger partial charge in [0.15, 0.2) is 0 Å². The third-order valence-corrected chi connectivity index (χ3v) is 3.77. The molecule has 4 nitrogen and oxygen atoms in total. The van der Waals surface area contributed by atoms with E-state index in [-0.39, 0.29) is 17.9 Å². The second-order valence-electron chi connectivity index (χ2n) is 5.20. The maximum absolute atomic E-state index is 12.0. The molecular weight excluding hydrogens is 204 g/mol. The summed E-state index contributed by atoms with van der Waals surface area (Å²) in [4.78, 5) is 13.9. The van der Waals surface area contributed by atoms with Crippen LogP contribution in [0.15, 0.2) is 0 Å². The minimum Gasteiger partial charge on any atom is -0.381 e. The maximum Gasteiger partial charge on any atom is 0.225 e. The van der Waals surface area contributed by atoms with Crippen LogP contribution in [0.25, 0.3) is 0 Å². The molecule has 0 aromatic rings. The molecular formula is C12H22N2O2. The molecule has 92 valence electrons. The fraction of sp³-hybridized carbons (Fsp3) is 0.917. The van der Waals surface area contributed by atoms with Gasteiger partial charge in [0.25, 0.3) is 0 Å². The lowest BCUT2D eigenvalue weighted by atomic mass is 9.80. The van der Waals surface area contributed by atoms with Crippen LogP contribution in [0.3, 0.4) is 0 Å². The third kappa shape index (κ3) is 2.74. The van der Waals surface area contributed by atoms with Gasteiger partial charge in [0, 0.05) is 38.8 Å². The number of rotatable bonds is 3. The van der Waals surface area contributed by atoms with Gasteiger partial charge in [0.05, 0.1) is 0 Å². The average Bonchev–Trinajstić information content (AvgIpc) is 2.25. The van der Waals surface area contributed by atoms with Crippen molar-refractivity contribution in [3.8, 4) is 0 Å². The zero-order valence-electron chi connectivity index (χ0n) is 10.0. The first-order valence-electron chi connectivity index (χ1n) is 6.25. The maximum atomic E-state index is 12.0. The van der Waals surface area contributed by atoms with Crippen LogP contribution in [0.2, 0.25) is 0 Å². The summed E-state index contributed by atoms with van der Waals surface area (Å²) in [6.07, 6.45) is 3.91. The van der Waals surface area contributed by atoms with Crippen molar-refractivity contribution >= 4 is 5.91 Å². The standard InChI is InChI=1S/C12H22N2O2/c1-14(8-9-2-4-16-5-3-9)12(15)10-6-11(13)7-10/h9-11H,2-8,13H2,1H3. The molecule has 2 N–H and O–H groups in total. The van der Waals surface area contributed by atoms with Gasteiger partial charge in [-0.15, -0.1) is 0 Å². The van der Waals surface area contributed by atoms with E-state index < -0.39 is 0 Å². The summed E-state index contributed by atoms with van der Waals surface area (Å²) in [6, 6.07) is 0.255. The number of carbonyl (C=O) groups excluding carboxylic acids is 1. The molecule has 0 aromatic heterocycles. The van der Waals surface area contributed by atoms with E-state index in [0.29, 0.717) is 5.92 Å². The second-order valence-corrected chi connectivity index (χ2v) is 5.20. The molecule has 1 aliphatic heterocycles. The molecule has 1 saturated carbocycles. The van der Waals surface area contributed by atoms with Crippen LogP contribution in [-0.4, -0.2) is 43.7 Å². The van der Waals surface area contributed by atoms with Crippen molar-refractivity contribution in [1.29, 1.82) is 0 Å². The molecule has 1 amide bonds. The lowest BCUT2D eigenvalue weighted by molar-refractivity contribution is -0.138. The lowest BCUT2D eigenvalue weighted by Crippen LogP contribution is -2.46. The van der Waals surface area contributed by atoms with Gasteiger partial charge in [0.2, 0.25) is 5.91 Å². The van der Waals surface area contributed by atoms with Crippen molar-refractivity contribution in [3.05, 3.63) is 0 Å². The van der Waals surface area contributed by atoms with E-state index in [1.165, 1.54) is 0 Å². The van der Waals surface area contributed by atoms with Crippen molar-refractivity contribution in [1.82, 2.24) is 4.90 Å². The first-order chi connectivity index (χ1) is 7.66. The molecule has 0 unspecified atom stereocenters. The zero-order chi connectivity index (χ0) is 11.5. The smallest absolute Gasteiger partial charge is 0.225 e. The van der Waals surface area contributed by atoms with Crippen molar-refractivity contribution in [3.63, 3.8) is 0 Å². The molecule has 2 aliphatic rings. The van der Waals surface area contributed by atoms with Gasteiger partial charge in [-0.1, -0.05) is 0 Å². The summed E-state index contributed by atoms with van der Waals surface area (Å²) in [5.74, 6) is 1.10. The van der Waals surface area contributed by atoms with Crippen LogP contribution in [0, 0.1) is 11.8 Å². The normalized spacial score (nSPS) is 30.9. The van der Waals surface area contributed by atoms with Crippen LogP contribution in [-0.2, 0) is 9.53 Å². The molecule has 1 saturated heterocycles. The summed E-state index contributed by atoms with van der Waals surface area (Å²) in [6.45, 7) is 2.58. The van der Waals surface area contributed by atoms with E-state index >= 15 is 0 Å². The van der Waals surface area contributed by atoms with Crippen LogP contribution < -0.4 is 5.73 Å². The van der Waals surface area contributed by atoms with Gasteiger partial charge in [-0.05, 0) is 31.6 Å². The summed E-state index contributed by atoms with van der Waals surface area (Å²) in [5, 5.41) is 0. The topological polar surface area (TPSA) is 55.6 Å². The van der Waals surface area contributed by atoms with Gasteiger partial charge >= 0.3 is 0 Å². The van der Waals surface area contributed by atoms with Crippen molar-refractivity contribution in [2.75, 3.05) is 26.8 Å². The monoisotopic (exact) mass is 226 g/mol. The van der Waals surface area contributed by atoms with E-state index in [9.17, 15) is 4.79 Å². The molecule has 0 spiro atoms. The Morgan fingerprint density at radius 1 is 1.38 bits per heavy atom. The first-order valence-corrected chi connectivity index (χ1v) is 6.25. The van der Waals surface area contributed by atoms with Crippen molar-refractivity contribution in [2.24, 2.45) is 17.6 Å².